The van der Waals surface area contributed by atoms with Crippen LogP contribution in [0.2, 0.25) is 5.02 Å². The van der Waals surface area contributed by atoms with Crippen LogP contribution in [0.1, 0.15) is 36.7 Å². The summed E-state index contributed by atoms with van der Waals surface area (Å²) in [4.78, 5) is 12.3. The van der Waals surface area contributed by atoms with Gasteiger partial charge in [0, 0.05) is 5.02 Å². The molecule has 0 saturated carbocycles. The van der Waals surface area contributed by atoms with Crippen LogP contribution in [0.3, 0.4) is 0 Å². The van der Waals surface area contributed by atoms with Crippen molar-refractivity contribution in [2.45, 2.75) is 26.2 Å². The molecule has 0 spiro atoms. The van der Waals surface area contributed by atoms with Crippen LogP contribution < -0.4 is 4.74 Å². The molecule has 2 aromatic rings. The molecule has 3 heteroatoms. The molecule has 0 radical (unpaired) electrons. The van der Waals surface area contributed by atoms with Crippen LogP contribution in [0.5, 0.6) is 5.75 Å². The quantitative estimate of drug-likeness (QED) is 0.583. The number of benzene rings is 2. The molecule has 0 aliphatic heterocycles. The second kappa shape index (κ2) is 5.68. The van der Waals surface area contributed by atoms with Gasteiger partial charge in [-0.15, -0.1) is 0 Å². The highest BCUT2D eigenvalue weighted by molar-refractivity contribution is 6.30. The van der Waals surface area contributed by atoms with E-state index in [2.05, 4.69) is 0 Å². The molecule has 0 amide bonds. The van der Waals surface area contributed by atoms with Gasteiger partial charge < -0.3 is 4.74 Å². The Bertz CT molecular complexity index is 613. The van der Waals surface area contributed by atoms with Crippen molar-refractivity contribution < 1.29 is 9.53 Å². The molecule has 0 aliphatic rings. The SMILES string of the molecule is CC(C)(C)c1cc(Cl)ccc1C(=O)Oc1ccccc1. The maximum atomic E-state index is 12.3. The highest BCUT2D eigenvalue weighted by Gasteiger charge is 2.23. The molecular weight excluding hydrogens is 272 g/mol. The van der Waals surface area contributed by atoms with E-state index in [9.17, 15) is 4.79 Å². The zero-order chi connectivity index (χ0) is 14.8. The zero-order valence-corrected chi connectivity index (χ0v) is 12.6. The van der Waals surface area contributed by atoms with Crippen molar-refractivity contribution in [3.05, 3.63) is 64.7 Å². The Balaban J connectivity index is 2.35. The maximum Gasteiger partial charge on any atom is 0.343 e. The summed E-state index contributed by atoms with van der Waals surface area (Å²) in [7, 11) is 0. The van der Waals surface area contributed by atoms with Crippen LogP contribution in [0, 0.1) is 0 Å². The molecule has 0 fully saturated rings. The first-order valence-corrected chi connectivity index (χ1v) is 6.83. The lowest BCUT2D eigenvalue weighted by molar-refractivity contribution is 0.0732. The predicted molar refractivity (Wildman–Crippen MR) is 81.6 cm³/mol. The first kappa shape index (κ1) is 14.6. The van der Waals surface area contributed by atoms with Gasteiger partial charge in [-0.3, -0.25) is 0 Å². The van der Waals surface area contributed by atoms with E-state index in [-0.39, 0.29) is 11.4 Å². The monoisotopic (exact) mass is 288 g/mol. The van der Waals surface area contributed by atoms with Gasteiger partial charge in [-0.25, -0.2) is 4.79 Å². The van der Waals surface area contributed by atoms with Crippen LogP contribution in [0.25, 0.3) is 0 Å². The summed E-state index contributed by atoms with van der Waals surface area (Å²) < 4.78 is 5.39. The van der Waals surface area contributed by atoms with E-state index in [4.69, 9.17) is 16.3 Å². The minimum absolute atomic E-state index is 0.185. The lowest BCUT2D eigenvalue weighted by atomic mass is 9.84. The van der Waals surface area contributed by atoms with Crippen LogP contribution in [-0.4, -0.2) is 5.97 Å². The topological polar surface area (TPSA) is 26.3 Å². The van der Waals surface area contributed by atoms with E-state index in [1.165, 1.54) is 0 Å². The number of hydrogen-bond donors (Lipinski definition) is 0. The third kappa shape index (κ3) is 3.40. The molecule has 0 aliphatic carbocycles. The number of carbonyl (C=O) groups excluding carboxylic acids is 1. The fourth-order valence-electron chi connectivity index (χ4n) is 1.97. The van der Waals surface area contributed by atoms with Crippen molar-refractivity contribution >= 4 is 17.6 Å². The van der Waals surface area contributed by atoms with E-state index >= 15 is 0 Å². The lowest BCUT2D eigenvalue weighted by Crippen LogP contribution is -2.19. The number of halogens is 1. The fourth-order valence-corrected chi connectivity index (χ4v) is 2.14. The minimum atomic E-state index is -0.363. The highest BCUT2D eigenvalue weighted by Crippen LogP contribution is 2.29. The summed E-state index contributed by atoms with van der Waals surface area (Å²) in [5.74, 6) is 0.171. The normalized spacial score (nSPS) is 11.2. The molecule has 20 heavy (non-hydrogen) atoms. The molecule has 0 N–H and O–H groups in total. The third-order valence-electron chi connectivity index (χ3n) is 2.96. The summed E-state index contributed by atoms with van der Waals surface area (Å²) in [5, 5.41) is 0.617. The number of carbonyl (C=O) groups is 1. The van der Waals surface area contributed by atoms with Gasteiger partial charge in [-0.05, 0) is 41.3 Å². The highest BCUT2D eigenvalue weighted by atomic mass is 35.5. The Morgan fingerprint density at radius 2 is 1.70 bits per heavy atom. The summed E-state index contributed by atoms with van der Waals surface area (Å²) in [5.41, 5.74) is 1.24. The molecule has 104 valence electrons. The predicted octanol–water partition coefficient (Wildman–Crippen LogP) is 4.86. The van der Waals surface area contributed by atoms with E-state index in [0.29, 0.717) is 16.3 Å². The lowest BCUT2D eigenvalue weighted by Gasteiger charge is -2.22. The average molecular weight is 289 g/mol. The number of esters is 1. The van der Waals surface area contributed by atoms with Gasteiger partial charge >= 0.3 is 5.97 Å². The molecule has 0 aromatic heterocycles. The van der Waals surface area contributed by atoms with Gasteiger partial charge in [0.2, 0.25) is 0 Å². The molecule has 0 bridgehead atoms. The largest absolute Gasteiger partial charge is 0.423 e. The van der Waals surface area contributed by atoms with Crippen LogP contribution in [0.15, 0.2) is 48.5 Å². The van der Waals surface area contributed by atoms with E-state index in [1.54, 1.807) is 24.3 Å². The molecule has 2 rings (SSSR count). The molecule has 0 unspecified atom stereocenters. The first-order chi connectivity index (χ1) is 9.38. The number of para-hydroxylation sites is 1. The van der Waals surface area contributed by atoms with Crippen molar-refractivity contribution in [1.29, 1.82) is 0 Å². The summed E-state index contributed by atoms with van der Waals surface area (Å²) in [6, 6.07) is 14.3. The van der Waals surface area contributed by atoms with Crippen molar-refractivity contribution in [2.75, 3.05) is 0 Å². The molecule has 2 nitrogen and oxygen atoms in total. The Hall–Kier alpha value is -1.80. The van der Waals surface area contributed by atoms with Crippen molar-refractivity contribution in [2.24, 2.45) is 0 Å². The van der Waals surface area contributed by atoms with Gasteiger partial charge in [0.1, 0.15) is 5.75 Å². The Kier molecular flexibility index (Phi) is 4.15. The van der Waals surface area contributed by atoms with E-state index in [1.807, 2.05) is 45.0 Å². The Morgan fingerprint density at radius 3 is 2.30 bits per heavy atom. The van der Waals surface area contributed by atoms with Gasteiger partial charge in [-0.2, -0.15) is 0 Å². The average Bonchev–Trinajstić information content (AvgIpc) is 2.38. The van der Waals surface area contributed by atoms with Gasteiger partial charge in [0.15, 0.2) is 0 Å². The smallest absolute Gasteiger partial charge is 0.343 e. The summed E-state index contributed by atoms with van der Waals surface area (Å²) >= 11 is 6.04. The maximum absolute atomic E-state index is 12.3. The standard InChI is InChI=1S/C17H17ClO2/c1-17(2,3)15-11-12(18)9-10-14(15)16(19)20-13-7-5-4-6-8-13/h4-11H,1-3H3. The fraction of sp³-hybridized carbons (Fsp3) is 0.235. The zero-order valence-electron chi connectivity index (χ0n) is 11.8. The Labute approximate surface area is 124 Å². The third-order valence-corrected chi connectivity index (χ3v) is 3.20. The van der Waals surface area contributed by atoms with Crippen molar-refractivity contribution in [3.63, 3.8) is 0 Å². The molecular formula is C17H17ClO2. The Morgan fingerprint density at radius 1 is 1.05 bits per heavy atom. The summed E-state index contributed by atoms with van der Waals surface area (Å²) in [6.45, 7) is 6.12. The first-order valence-electron chi connectivity index (χ1n) is 6.45. The van der Waals surface area contributed by atoms with Gasteiger partial charge in [0.25, 0.3) is 0 Å². The molecule has 0 heterocycles. The minimum Gasteiger partial charge on any atom is -0.423 e. The van der Waals surface area contributed by atoms with Crippen molar-refractivity contribution in [3.8, 4) is 5.75 Å². The van der Waals surface area contributed by atoms with Gasteiger partial charge in [0.05, 0.1) is 5.56 Å². The van der Waals surface area contributed by atoms with Crippen LogP contribution in [-0.2, 0) is 5.41 Å². The van der Waals surface area contributed by atoms with E-state index in [0.717, 1.165) is 5.56 Å². The van der Waals surface area contributed by atoms with Crippen LogP contribution in [0.4, 0.5) is 0 Å². The molecule has 0 saturated heterocycles. The molecule has 2 aromatic carbocycles. The van der Waals surface area contributed by atoms with Crippen LogP contribution >= 0.6 is 11.6 Å². The molecule has 0 atom stereocenters. The van der Waals surface area contributed by atoms with Crippen molar-refractivity contribution in [1.82, 2.24) is 0 Å². The number of hydrogen-bond acceptors (Lipinski definition) is 2. The number of ether oxygens (including phenoxy) is 1. The second-order valence-corrected chi connectivity index (χ2v) is 6.08. The van der Waals surface area contributed by atoms with E-state index < -0.39 is 0 Å². The van der Waals surface area contributed by atoms with Gasteiger partial charge in [-0.1, -0.05) is 50.6 Å². The number of rotatable bonds is 2. The second-order valence-electron chi connectivity index (χ2n) is 5.64. The summed E-state index contributed by atoms with van der Waals surface area (Å²) in [6.07, 6.45) is 0.